The molecule has 4 saturated carbocycles. The Morgan fingerprint density at radius 2 is 1.14 bits per heavy atom. The van der Waals surface area contributed by atoms with Gasteiger partial charge in [-0.1, -0.05) is 130 Å². The van der Waals surface area contributed by atoms with Crippen LogP contribution >= 0.6 is 11.8 Å². The fourth-order valence-electron chi connectivity index (χ4n) is 13.8. The Morgan fingerprint density at radius 3 is 1.88 bits per heavy atom. The standard InChI is InChI=1S/C54H51NS/c1-51(2)26-27-52(3,4)44-31-40(22-24-43(44)51)55(39-20-18-36(19-21-39)35-12-7-5-8-13-35)41-23-25-46-45(32-41)54(48-29-34-28-38-30-49(54)53(38,48)33-34)50-42(16-11-17-47(50)56-46)37-14-9-6-10-15-37/h5-25,31-32,34,38,48-49H,26-30,33H2,1-4H3. The van der Waals surface area contributed by atoms with Crippen molar-refractivity contribution in [3.05, 3.63) is 162 Å². The first-order valence-electron chi connectivity index (χ1n) is 21.3. The molecule has 6 aromatic rings. The second-order valence-corrected chi connectivity index (χ2v) is 20.7. The Hall–Kier alpha value is -4.53. The van der Waals surface area contributed by atoms with E-state index in [-0.39, 0.29) is 16.2 Å². The van der Waals surface area contributed by atoms with Crippen molar-refractivity contribution in [3.63, 3.8) is 0 Å². The van der Waals surface area contributed by atoms with Crippen LogP contribution in [0.1, 0.15) is 88.5 Å². The molecule has 278 valence electrons. The van der Waals surface area contributed by atoms with Crippen LogP contribution in [0.25, 0.3) is 22.3 Å². The van der Waals surface area contributed by atoms with Gasteiger partial charge < -0.3 is 4.90 Å². The highest BCUT2D eigenvalue weighted by molar-refractivity contribution is 7.99. The van der Waals surface area contributed by atoms with E-state index >= 15 is 0 Å². The highest BCUT2D eigenvalue weighted by Crippen LogP contribution is 2.89. The van der Waals surface area contributed by atoms with Crippen LogP contribution in [0.2, 0.25) is 0 Å². The normalized spacial score (nSPS) is 29.0. The van der Waals surface area contributed by atoms with Crippen molar-refractivity contribution in [2.45, 2.75) is 92.3 Å². The second kappa shape index (κ2) is 11.5. The average molecular weight is 746 g/mol. The molecule has 2 spiro atoms. The van der Waals surface area contributed by atoms with Crippen molar-refractivity contribution in [1.29, 1.82) is 0 Å². The molecule has 12 rings (SSSR count). The zero-order valence-corrected chi connectivity index (χ0v) is 34.0. The molecule has 1 heterocycles. The van der Waals surface area contributed by atoms with Gasteiger partial charge in [0.05, 0.1) is 0 Å². The van der Waals surface area contributed by atoms with Crippen molar-refractivity contribution in [1.82, 2.24) is 0 Å². The van der Waals surface area contributed by atoms with Crippen LogP contribution in [0, 0.1) is 29.1 Å². The third kappa shape index (κ3) is 4.35. The minimum atomic E-state index is 0.0503. The van der Waals surface area contributed by atoms with Crippen molar-refractivity contribution >= 4 is 28.8 Å². The zero-order valence-electron chi connectivity index (χ0n) is 33.2. The smallest absolute Gasteiger partial charge is 0.0465 e. The van der Waals surface area contributed by atoms with Gasteiger partial charge in [-0.15, -0.1) is 0 Å². The molecule has 1 nitrogen and oxygen atoms in total. The Bertz CT molecular complexity index is 2550. The molecule has 2 heteroatoms. The summed E-state index contributed by atoms with van der Waals surface area (Å²) >= 11 is 2.03. The molecule has 0 amide bonds. The molecule has 0 aromatic heterocycles. The summed E-state index contributed by atoms with van der Waals surface area (Å²) in [6.07, 6.45) is 8.17. The van der Waals surface area contributed by atoms with E-state index in [1.807, 2.05) is 11.8 Å². The lowest BCUT2D eigenvalue weighted by Crippen LogP contribution is -2.74. The highest BCUT2D eigenvalue weighted by atomic mass is 32.2. The SMILES string of the molecule is CC1(C)CCC(C)(C)c2cc(N(c3ccc(-c4ccccc4)cc3)c3ccc4c(c3)C3(c5c(cccc5-c5ccccc5)S4)C4CC5CC6CC3C64C5)ccc21. The summed E-state index contributed by atoms with van der Waals surface area (Å²) in [5.41, 5.74) is 16.3. The van der Waals surface area contributed by atoms with Gasteiger partial charge in [-0.05, 0) is 171 Å². The van der Waals surface area contributed by atoms with Gasteiger partial charge in [0.15, 0.2) is 0 Å². The summed E-state index contributed by atoms with van der Waals surface area (Å²) in [4.78, 5) is 5.55. The molecule has 6 atom stereocenters. The van der Waals surface area contributed by atoms with Crippen LogP contribution in [0.3, 0.4) is 0 Å². The number of anilines is 3. The molecule has 0 saturated heterocycles. The molecule has 6 unspecified atom stereocenters. The maximum atomic E-state index is 2.68. The number of hydrogen-bond donors (Lipinski definition) is 0. The van der Waals surface area contributed by atoms with Gasteiger partial charge in [0, 0.05) is 32.3 Å². The van der Waals surface area contributed by atoms with E-state index in [1.165, 1.54) is 98.8 Å². The highest BCUT2D eigenvalue weighted by Gasteiger charge is 2.84. The van der Waals surface area contributed by atoms with Crippen LogP contribution in [0.15, 0.2) is 149 Å². The maximum Gasteiger partial charge on any atom is 0.0465 e. The van der Waals surface area contributed by atoms with Gasteiger partial charge in [0.2, 0.25) is 0 Å². The summed E-state index contributed by atoms with van der Waals surface area (Å²) in [7, 11) is 0. The second-order valence-electron chi connectivity index (χ2n) is 19.6. The van der Waals surface area contributed by atoms with Crippen LogP contribution in [-0.4, -0.2) is 0 Å². The zero-order chi connectivity index (χ0) is 37.6. The van der Waals surface area contributed by atoms with E-state index in [2.05, 4.69) is 172 Å². The van der Waals surface area contributed by atoms with E-state index in [0.29, 0.717) is 5.41 Å². The summed E-state index contributed by atoms with van der Waals surface area (Å²) in [5.74, 6) is 3.30. The van der Waals surface area contributed by atoms with Gasteiger partial charge in [0.1, 0.15) is 0 Å². The third-order valence-corrected chi connectivity index (χ3v) is 17.4. The number of rotatable bonds is 5. The molecular weight excluding hydrogens is 695 g/mol. The summed E-state index contributed by atoms with van der Waals surface area (Å²) in [6, 6.07) is 53.7. The predicted molar refractivity (Wildman–Crippen MR) is 233 cm³/mol. The summed E-state index contributed by atoms with van der Waals surface area (Å²) < 4.78 is 0. The Balaban J connectivity index is 1.07. The lowest BCUT2D eigenvalue weighted by molar-refractivity contribution is -0.234. The number of nitrogens with zero attached hydrogens (tertiary/aromatic N) is 1. The first-order chi connectivity index (χ1) is 27.2. The summed E-state index contributed by atoms with van der Waals surface area (Å²) in [5, 5.41) is 0. The first kappa shape index (κ1) is 33.6. The average Bonchev–Trinajstić information content (AvgIpc) is 3.76. The van der Waals surface area contributed by atoms with E-state index in [1.54, 1.807) is 11.1 Å². The maximum absolute atomic E-state index is 2.68. The van der Waals surface area contributed by atoms with Crippen molar-refractivity contribution in [2.24, 2.45) is 29.1 Å². The van der Waals surface area contributed by atoms with E-state index in [0.717, 1.165) is 23.7 Å². The number of benzene rings is 6. The lowest BCUT2D eigenvalue weighted by Gasteiger charge is -2.78. The van der Waals surface area contributed by atoms with Crippen LogP contribution in [0.4, 0.5) is 17.1 Å². The van der Waals surface area contributed by atoms with E-state index < -0.39 is 0 Å². The first-order valence-corrected chi connectivity index (χ1v) is 22.1. The summed E-state index contributed by atoms with van der Waals surface area (Å²) in [6.45, 7) is 9.79. The molecule has 56 heavy (non-hydrogen) atoms. The molecule has 4 fully saturated rings. The van der Waals surface area contributed by atoms with Crippen molar-refractivity contribution < 1.29 is 0 Å². The van der Waals surface area contributed by atoms with Crippen LogP contribution < -0.4 is 4.90 Å². The molecular formula is C54H51NS. The Morgan fingerprint density at radius 1 is 0.518 bits per heavy atom. The molecule has 5 aliphatic carbocycles. The molecule has 1 aliphatic heterocycles. The number of hydrogen-bond acceptors (Lipinski definition) is 2. The minimum absolute atomic E-state index is 0.0503. The van der Waals surface area contributed by atoms with Gasteiger partial charge in [-0.2, -0.15) is 0 Å². The van der Waals surface area contributed by atoms with E-state index in [4.69, 9.17) is 0 Å². The topological polar surface area (TPSA) is 3.24 Å². The van der Waals surface area contributed by atoms with Gasteiger partial charge in [0.25, 0.3) is 0 Å². The van der Waals surface area contributed by atoms with Crippen molar-refractivity contribution in [2.75, 3.05) is 4.90 Å². The Kier molecular flexibility index (Phi) is 6.92. The molecule has 6 aromatic carbocycles. The monoisotopic (exact) mass is 745 g/mol. The van der Waals surface area contributed by atoms with E-state index in [9.17, 15) is 0 Å². The van der Waals surface area contributed by atoms with Gasteiger partial charge >= 0.3 is 0 Å². The third-order valence-electron chi connectivity index (χ3n) is 16.2. The Labute approximate surface area is 337 Å². The lowest BCUT2D eigenvalue weighted by atomic mass is 9.26. The molecule has 2 bridgehead atoms. The molecule has 0 N–H and O–H groups in total. The largest absolute Gasteiger partial charge is 0.310 e. The van der Waals surface area contributed by atoms with Crippen LogP contribution in [0.5, 0.6) is 0 Å². The molecule has 0 radical (unpaired) electrons. The van der Waals surface area contributed by atoms with Crippen LogP contribution in [-0.2, 0) is 16.2 Å². The number of fused-ring (bicyclic) bond motifs is 8. The predicted octanol–water partition coefficient (Wildman–Crippen LogP) is 14.7. The fraction of sp³-hybridized carbons (Fsp3) is 0.333. The van der Waals surface area contributed by atoms with Crippen molar-refractivity contribution in [3.8, 4) is 22.3 Å². The fourth-order valence-corrected chi connectivity index (χ4v) is 15.0. The van der Waals surface area contributed by atoms with Gasteiger partial charge in [-0.25, -0.2) is 0 Å². The molecule has 6 aliphatic rings. The quantitative estimate of drug-likeness (QED) is 0.173. The minimum Gasteiger partial charge on any atom is -0.310 e. The van der Waals surface area contributed by atoms with Gasteiger partial charge in [-0.3, -0.25) is 0 Å².